The van der Waals surface area contributed by atoms with Gasteiger partial charge in [-0.2, -0.15) is 0 Å². The summed E-state index contributed by atoms with van der Waals surface area (Å²) in [5.41, 5.74) is 14.2. The normalized spacial score (nSPS) is 10.8. The molecule has 0 aromatic heterocycles. The Labute approximate surface area is 141 Å². The molecule has 5 N–H and O–H groups in total. The first-order valence-corrected chi connectivity index (χ1v) is 7.48. The lowest BCUT2D eigenvalue weighted by Crippen LogP contribution is -2.31. The maximum Gasteiger partial charge on any atom is 0.255 e. The molecule has 6 nitrogen and oxygen atoms in total. The Hall–Kier alpha value is -3.28. The number of hydrazine groups is 1. The van der Waals surface area contributed by atoms with Crippen LogP contribution >= 0.6 is 0 Å². The standard InChI is InChI=1S/C18H21N5O/c1-3-21-23-13(2)20-12-14-8-10-15(11-9-14)18(24)22-17-7-5-4-6-16(17)19/h3-11,21H,1,12,19H2,2H3,(H,20,23)(H,22,24). The minimum absolute atomic E-state index is 0.198. The predicted molar refractivity (Wildman–Crippen MR) is 98.5 cm³/mol. The summed E-state index contributed by atoms with van der Waals surface area (Å²) in [7, 11) is 0. The van der Waals surface area contributed by atoms with Crippen LogP contribution in [0.5, 0.6) is 0 Å². The second-order valence-electron chi connectivity index (χ2n) is 5.11. The average molecular weight is 323 g/mol. The van der Waals surface area contributed by atoms with Crippen LogP contribution in [0.2, 0.25) is 0 Å². The highest BCUT2D eigenvalue weighted by Crippen LogP contribution is 2.18. The highest BCUT2D eigenvalue weighted by molar-refractivity contribution is 6.05. The predicted octanol–water partition coefficient (Wildman–Crippen LogP) is 2.68. The molecule has 2 rings (SSSR count). The minimum Gasteiger partial charge on any atom is -0.397 e. The number of amides is 1. The molecule has 124 valence electrons. The molecule has 0 saturated heterocycles. The number of amidine groups is 1. The highest BCUT2D eigenvalue weighted by atomic mass is 16.1. The van der Waals surface area contributed by atoms with E-state index in [1.54, 1.807) is 24.3 Å². The van der Waals surface area contributed by atoms with Crippen molar-refractivity contribution < 1.29 is 4.79 Å². The Kier molecular flexibility index (Phi) is 5.96. The van der Waals surface area contributed by atoms with Crippen LogP contribution in [0.15, 0.2) is 66.3 Å². The molecule has 0 heterocycles. The van der Waals surface area contributed by atoms with Gasteiger partial charge in [-0.15, -0.1) is 0 Å². The van der Waals surface area contributed by atoms with E-state index in [4.69, 9.17) is 5.73 Å². The molecule has 0 radical (unpaired) electrons. The lowest BCUT2D eigenvalue weighted by atomic mass is 10.1. The second kappa shape index (κ2) is 8.38. The lowest BCUT2D eigenvalue weighted by Gasteiger charge is -2.08. The van der Waals surface area contributed by atoms with Crippen molar-refractivity contribution in [1.29, 1.82) is 0 Å². The number of hydrogen-bond acceptors (Lipinski definition) is 4. The third-order valence-electron chi connectivity index (χ3n) is 3.28. The molecule has 0 saturated carbocycles. The maximum absolute atomic E-state index is 12.2. The Bertz CT molecular complexity index is 737. The number of nitrogen functional groups attached to an aromatic ring is 1. The number of benzene rings is 2. The first-order valence-electron chi connectivity index (χ1n) is 7.48. The Morgan fingerprint density at radius 2 is 1.92 bits per heavy atom. The van der Waals surface area contributed by atoms with Crippen LogP contribution in [0.1, 0.15) is 22.8 Å². The van der Waals surface area contributed by atoms with Crippen molar-refractivity contribution in [3.63, 3.8) is 0 Å². The summed E-state index contributed by atoms with van der Waals surface area (Å²) in [6.07, 6.45) is 1.53. The largest absolute Gasteiger partial charge is 0.397 e. The van der Waals surface area contributed by atoms with Crippen LogP contribution in [-0.2, 0) is 6.54 Å². The molecule has 6 heteroatoms. The van der Waals surface area contributed by atoms with Crippen molar-refractivity contribution >= 4 is 23.1 Å². The van der Waals surface area contributed by atoms with Crippen LogP contribution in [0.3, 0.4) is 0 Å². The number of rotatable bonds is 6. The monoisotopic (exact) mass is 323 g/mol. The summed E-state index contributed by atoms with van der Waals surface area (Å²) < 4.78 is 0. The van der Waals surface area contributed by atoms with Gasteiger partial charge < -0.3 is 16.5 Å². The van der Waals surface area contributed by atoms with Crippen molar-refractivity contribution in [2.24, 2.45) is 4.99 Å². The quantitative estimate of drug-likeness (QED) is 0.285. The van der Waals surface area contributed by atoms with Gasteiger partial charge >= 0.3 is 0 Å². The van der Waals surface area contributed by atoms with Gasteiger partial charge in [0.2, 0.25) is 0 Å². The SMILES string of the molecule is C=CNNC(C)=NCc1ccc(C(=O)Nc2ccccc2N)cc1. The maximum atomic E-state index is 12.2. The Morgan fingerprint density at radius 3 is 2.58 bits per heavy atom. The van der Waals surface area contributed by atoms with Gasteiger partial charge in [-0.25, -0.2) is 0 Å². The van der Waals surface area contributed by atoms with E-state index >= 15 is 0 Å². The van der Waals surface area contributed by atoms with Gasteiger partial charge in [0.05, 0.1) is 17.9 Å². The van der Waals surface area contributed by atoms with E-state index in [0.717, 1.165) is 11.4 Å². The minimum atomic E-state index is -0.198. The van der Waals surface area contributed by atoms with Gasteiger partial charge in [0, 0.05) is 11.8 Å². The molecule has 24 heavy (non-hydrogen) atoms. The Morgan fingerprint density at radius 1 is 1.21 bits per heavy atom. The summed E-state index contributed by atoms with van der Waals surface area (Å²) in [4.78, 5) is 16.6. The zero-order chi connectivity index (χ0) is 17.4. The molecule has 0 aliphatic heterocycles. The van der Waals surface area contributed by atoms with Crippen molar-refractivity contribution in [3.8, 4) is 0 Å². The number of carbonyl (C=O) groups is 1. The summed E-state index contributed by atoms with van der Waals surface area (Å²) in [5.74, 6) is 0.548. The molecule has 0 unspecified atom stereocenters. The molecule has 0 bridgehead atoms. The van der Waals surface area contributed by atoms with Gasteiger partial charge in [-0.05, 0) is 36.8 Å². The molecular formula is C18H21N5O. The van der Waals surface area contributed by atoms with E-state index < -0.39 is 0 Å². The zero-order valence-corrected chi connectivity index (χ0v) is 13.5. The van der Waals surface area contributed by atoms with E-state index in [9.17, 15) is 4.79 Å². The van der Waals surface area contributed by atoms with Crippen molar-refractivity contribution in [2.45, 2.75) is 13.5 Å². The molecule has 2 aromatic rings. The van der Waals surface area contributed by atoms with E-state index in [0.29, 0.717) is 23.5 Å². The second-order valence-corrected chi connectivity index (χ2v) is 5.11. The van der Waals surface area contributed by atoms with E-state index in [1.807, 2.05) is 31.2 Å². The fraction of sp³-hybridized carbons (Fsp3) is 0.111. The van der Waals surface area contributed by atoms with Crippen LogP contribution in [0, 0.1) is 0 Å². The smallest absolute Gasteiger partial charge is 0.255 e. The van der Waals surface area contributed by atoms with Crippen molar-refractivity contribution in [3.05, 3.63) is 72.4 Å². The van der Waals surface area contributed by atoms with Crippen LogP contribution < -0.4 is 21.9 Å². The summed E-state index contributed by atoms with van der Waals surface area (Å²) in [5, 5.41) is 2.80. The van der Waals surface area contributed by atoms with Gasteiger partial charge in [-0.3, -0.25) is 15.2 Å². The van der Waals surface area contributed by atoms with E-state index in [2.05, 4.69) is 27.7 Å². The molecule has 2 aromatic carbocycles. The number of aliphatic imine (C=N–C) groups is 1. The van der Waals surface area contributed by atoms with Gasteiger partial charge in [0.1, 0.15) is 5.84 Å². The molecule has 1 amide bonds. The number of carbonyl (C=O) groups excluding carboxylic acids is 1. The van der Waals surface area contributed by atoms with Crippen molar-refractivity contribution in [1.82, 2.24) is 10.9 Å². The number of para-hydroxylation sites is 2. The first-order chi connectivity index (χ1) is 11.6. The summed E-state index contributed by atoms with van der Waals surface area (Å²) >= 11 is 0. The van der Waals surface area contributed by atoms with Gasteiger partial charge in [0.15, 0.2) is 0 Å². The fourth-order valence-corrected chi connectivity index (χ4v) is 1.97. The van der Waals surface area contributed by atoms with Crippen LogP contribution in [0.25, 0.3) is 0 Å². The Balaban J connectivity index is 1.97. The van der Waals surface area contributed by atoms with Gasteiger partial charge in [0.25, 0.3) is 5.91 Å². The highest BCUT2D eigenvalue weighted by Gasteiger charge is 2.07. The first kappa shape index (κ1) is 17.1. The van der Waals surface area contributed by atoms with Crippen molar-refractivity contribution in [2.75, 3.05) is 11.1 Å². The number of hydrogen-bond donors (Lipinski definition) is 4. The molecular weight excluding hydrogens is 302 g/mol. The zero-order valence-electron chi connectivity index (χ0n) is 13.5. The molecule has 0 fully saturated rings. The molecule has 0 aliphatic rings. The van der Waals surface area contributed by atoms with Crippen LogP contribution in [0.4, 0.5) is 11.4 Å². The number of anilines is 2. The van der Waals surface area contributed by atoms with E-state index in [-0.39, 0.29) is 5.91 Å². The topological polar surface area (TPSA) is 91.5 Å². The summed E-state index contributed by atoms with van der Waals surface area (Å²) in [6, 6.07) is 14.4. The fourth-order valence-electron chi connectivity index (χ4n) is 1.97. The average Bonchev–Trinajstić information content (AvgIpc) is 2.60. The molecule has 0 atom stereocenters. The van der Waals surface area contributed by atoms with E-state index in [1.165, 1.54) is 6.20 Å². The number of nitrogens with one attached hydrogen (secondary N) is 3. The van der Waals surface area contributed by atoms with Crippen LogP contribution in [-0.4, -0.2) is 11.7 Å². The third-order valence-corrected chi connectivity index (χ3v) is 3.28. The van der Waals surface area contributed by atoms with Gasteiger partial charge in [-0.1, -0.05) is 30.8 Å². The third kappa shape index (κ3) is 4.88. The lowest BCUT2D eigenvalue weighted by molar-refractivity contribution is 0.102. The molecule has 0 spiro atoms. The molecule has 0 aliphatic carbocycles. The number of nitrogens with zero attached hydrogens (tertiary/aromatic N) is 1. The number of nitrogens with two attached hydrogens (primary N) is 1. The summed E-state index contributed by atoms with van der Waals surface area (Å²) in [6.45, 7) is 5.91.